The van der Waals surface area contributed by atoms with Gasteiger partial charge in [0.05, 0.1) is 6.61 Å². The average Bonchev–Trinajstić information content (AvgIpc) is 2.99. The minimum absolute atomic E-state index is 0.704. The second-order valence-corrected chi connectivity index (χ2v) is 15.4. The number of rotatable bonds is 6. The molecule has 0 bridgehead atoms. The quantitative estimate of drug-likeness (QED) is 0.118. The van der Waals surface area contributed by atoms with E-state index < -0.39 is 97.2 Å². The number of hydrogen-bond donors (Lipinski definition) is 21. The molecule has 0 aromatic carbocycles. The van der Waals surface area contributed by atoms with Crippen LogP contribution in [0, 0.1) is 0 Å². The highest BCUT2D eigenvalue weighted by atomic mass is 31.3. The van der Waals surface area contributed by atoms with E-state index in [-0.39, 0.29) is 0 Å². The van der Waals surface area contributed by atoms with E-state index in [0.29, 0.717) is 0 Å². The summed E-state index contributed by atoms with van der Waals surface area (Å²) < 4.78 is 80.1. The topological polar surface area (TPSA) is 607 Å². The van der Waals surface area contributed by atoms with Crippen LogP contribution >= 0.6 is 54.8 Å². The van der Waals surface area contributed by atoms with Gasteiger partial charge < -0.3 is 103 Å². The Bertz CT molecular complexity index is 1440. The Morgan fingerprint density at radius 2 is 0.940 bits per heavy atom. The van der Waals surface area contributed by atoms with Crippen molar-refractivity contribution < 1.29 is 144 Å². The molecule has 0 aliphatic carbocycles. The molecular weight excluding hydrogens is 865 g/mol. The van der Waals surface area contributed by atoms with Gasteiger partial charge in [0, 0.05) is 12.3 Å². The molecule has 1 unspecified atom stereocenters. The highest BCUT2D eigenvalue weighted by Crippen LogP contribution is 2.57. The normalized spacial score (nSPS) is 20.6. The summed E-state index contributed by atoms with van der Waals surface area (Å²) in [6.45, 7) is -0.902. The molecule has 34 nitrogen and oxygen atoms in total. The monoisotopic (exact) mass is 894 g/mol. The van der Waals surface area contributed by atoms with E-state index in [0.717, 1.165) is 16.8 Å². The maximum absolute atomic E-state index is 11.7. The van der Waals surface area contributed by atoms with Gasteiger partial charge in [-0.3, -0.25) is 18.9 Å². The molecule has 1 aliphatic heterocycles. The summed E-state index contributed by atoms with van der Waals surface area (Å²) in [5.41, 5.74) is -1.65. The number of phosphoric acid groups is 7. The predicted octanol–water partition coefficient (Wildman–Crippen LogP) is -7.26. The molecule has 0 amide bonds. The highest BCUT2D eigenvalue weighted by molar-refractivity contribution is 7.60. The zero-order valence-electron chi connectivity index (χ0n) is 23.1. The fourth-order valence-electron chi connectivity index (χ4n) is 2.05. The highest BCUT2D eigenvalue weighted by Gasteiger charge is 2.45. The fourth-order valence-corrected chi connectivity index (χ4v) is 3.65. The lowest BCUT2D eigenvalue weighted by Gasteiger charge is -2.17. The molecule has 0 radical (unpaired) electrons. The van der Waals surface area contributed by atoms with Crippen molar-refractivity contribution in [1.29, 1.82) is 0 Å². The summed E-state index contributed by atoms with van der Waals surface area (Å²) in [6, 6.07) is 0.962. The van der Waals surface area contributed by atoms with E-state index in [1.54, 1.807) is 0 Å². The van der Waals surface area contributed by atoms with Crippen LogP contribution in [0.4, 0.5) is 0 Å². The molecule has 21 N–H and O–H groups in total. The van der Waals surface area contributed by atoms with E-state index in [2.05, 4.69) is 8.83 Å². The predicted molar refractivity (Wildman–Crippen MR) is 147 cm³/mol. The van der Waals surface area contributed by atoms with Crippen LogP contribution in [0.15, 0.2) is 21.9 Å². The lowest BCUT2D eigenvalue weighted by molar-refractivity contribution is -0.0542. The molecule has 50 heavy (non-hydrogen) atoms. The first-order valence-electron chi connectivity index (χ1n) is 10.4. The van der Waals surface area contributed by atoms with Crippen LogP contribution in [0.1, 0.15) is 6.23 Å². The van der Waals surface area contributed by atoms with Gasteiger partial charge in [0.1, 0.15) is 18.3 Å². The number of phosphoric ester groups is 1. The number of ether oxygens (including phenoxy) is 1. The van der Waals surface area contributed by atoms with Gasteiger partial charge in [-0.2, -0.15) is 4.31 Å². The second-order valence-electron chi connectivity index (χ2n) is 7.47. The van der Waals surface area contributed by atoms with Crippen molar-refractivity contribution >= 4 is 54.8 Å². The first-order chi connectivity index (χ1) is 21.4. The van der Waals surface area contributed by atoms with E-state index >= 15 is 0 Å². The SMILES string of the molecule is O=P(O)(O)O.O=P(O)(O)O.O=P(O)(O)O.O=P(O)(O)O.O=P(O)(O)O.O=c1ccn([C@@H]2O[C@H](COP(=O)(O)OP(=O)(O)O)[C@@H](O)[C@H]2O)c(=O)[nH]1. The number of aliphatic hydroxyl groups excluding tert-OH is 2. The molecule has 2 heterocycles. The number of aromatic amines is 1. The lowest BCUT2D eigenvalue weighted by Crippen LogP contribution is -2.37. The molecule has 1 saturated heterocycles. The maximum Gasteiger partial charge on any atom is 0.481 e. The molecule has 2 rings (SSSR count). The van der Waals surface area contributed by atoms with Crippen molar-refractivity contribution in [2.45, 2.75) is 24.5 Å². The third-order valence-corrected chi connectivity index (χ3v) is 5.23. The average molecular weight is 894 g/mol. The van der Waals surface area contributed by atoms with Gasteiger partial charge in [-0.1, -0.05) is 0 Å². The van der Waals surface area contributed by atoms with E-state index in [4.69, 9.17) is 116 Å². The first kappa shape index (κ1) is 56.1. The van der Waals surface area contributed by atoms with Crippen LogP contribution in [-0.2, 0) is 45.5 Å². The summed E-state index contributed by atoms with van der Waals surface area (Å²) in [4.78, 5) is 158. The second kappa shape index (κ2) is 22.6. The molecule has 1 aliphatic rings. The smallest absolute Gasteiger partial charge is 0.387 e. The van der Waals surface area contributed by atoms with Gasteiger partial charge in [-0.05, 0) is 0 Å². The summed E-state index contributed by atoms with van der Waals surface area (Å²) in [5, 5.41) is 19.8. The molecule has 1 aromatic heterocycles. The summed E-state index contributed by atoms with van der Waals surface area (Å²) in [7, 11) is -33.7. The Morgan fingerprint density at radius 1 is 0.620 bits per heavy atom. The summed E-state index contributed by atoms with van der Waals surface area (Å²) in [5.74, 6) is 0. The van der Waals surface area contributed by atoms with Crippen molar-refractivity contribution in [3.05, 3.63) is 33.1 Å². The molecule has 1 fully saturated rings. The third-order valence-electron chi connectivity index (χ3n) is 3.07. The van der Waals surface area contributed by atoms with Gasteiger partial charge in [-0.25, -0.2) is 36.7 Å². The minimum Gasteiger partial charge on any atom is -0.387 e. The van der Waals surface area contributed by atoms with Crippen molar-refractivity contribution in [3.8, 4) is 0 Å². The van der Waals surface area contributed by atoms with Crippen LogP contribution in [0.25, 0.3) is 0 Å². The minimum atomic E-state index is -5.32. The standard InChI is InChI=1S/C9H14N2O12P2.5H3O4P/c12-5-1-2-11(9(15)10-5)8-7(14)6(13)4(22-8)3-21-25(19,20)23-24(16,17)18;5*1-5(2,3)4/h1-2,4,6-8,13-14H,3H2,(H,19,20)(H,10,12,15)(H2,16,17,18);5*(H3,1,2,3,4)/t4-,6-,7-,8-;;;;;/m1...../s1. The largest absolute Gasteiger partial charge is 0.481 e. The molecule has 0 saturated carbocycles. The van der Waals surface area contributed by atoms with Gasteiger partial charge in [0.2, 0.25) is 0 Å². The van der Waals surface area contributed by atoms with Gasteiger partial charge in [0.15, 0.2) is 6.23 Å². The van der Waals surface area contributed by atoms with Crippen LogP contribution in [-0.4, -0.2) is 133 Å². The van der Waals surface area contributed by atoms with Crippen LogP contribution in [0.5, 0.6) is 0 Å². The number of nitrogens with zero attached hydrogens (tertiary/aromatic N) is 1. The Labute approximate surface area is 272 Å². The van der Waals surface area contributed by atoms with E-state index in [1.807, 2.05) is 4.98 Å². The van der Waals surface area contributed by atoms with Crippen LogP contribution in [0.3, 0.4) is 0 Å². The van der Waals surface area contributed by atoms with Gasteiger partial charge >= 0.3 is 60.4 Å². The number of aliphatic hydroxyl groups is 2. The Morgan fingerprint density at radius 3 is 1.22 bits per heavy atom. The Balaban J connectivity index is -0.000000341. The molecule has 0 spiro atoms. The van der Waals surface area contributed by atoms with Crippen molar-refractivity contribution in [2.75, 3.05) is 6.61 Å². The molecule has 302 valence electrons. The summed E-state index contributed by atoms with van der Waals surface area (Å²) in [6.07, 6.45) is -5.25. The van der Waals surface area contributed by atoms with Crippen molar-refractivity contribution in [1.82, 2.24) is 9.55 Å². The number of hydrogen-bond acceptors (Lipinski definition) is 14. The number of aromatic nitrogens is 2. The zero-order chi connectivity index (χ0) is 41.5. The van der Waals surface area contributed by atoms with E-state index in [1.165, 1.54) is 0 Å². The lowest BCUT2D eigenvalue weighted by atomic mass is 10.1. The maximum atomic E-state index is 11.7. The first-order valence-corrected chi connectivity index (χ1v) is 21.2. The Hall–Kier alpha value is -0.630. The fraction of sp³-hybridized carbons (Fsp3) is 0.556. The van der Waals surface area contributed by atoms with Crippen LogP contribution < -0.4 is 11.2 Å². The van der Waals surface area contributed by atoms with Gasteiger partial charge in [0.25, 0.3) is 5.56 Å². The van der Waals surface area contributed by atoms with Crippen molar-refractivity contribution in [3.63, 3.8) is 0 Å². The molecular formula is C9H29N2O32P7. The third kappa shape index (κ3) is 51.7. The summed E-state index contributed by atoms with van der Waals surface area (Å²) >= 11 is 0. The molecule has 1 aromatic rings. The zero-order valence-corrected chi connectivity index (χ0v) is 29.4. The number of nitrogens with one attached hydrogen (secondary N) is 1. The molecule has 5 atom stereocenters. The number of H-pyrrole nitrogens is 1. The van der Waals surface area contributed by atoms with E-state index in [9.17, 15) is 28.9 Å². The van der Waals surface area contributed by atoms with Crippen LogP contribution in [0.2, 0.25) is 0 Å². The van der Waals surface area contributed by atoms with Crippen molar-refractivity contribution in [2.24, 2.45) is 0 Å². The molecule has 41 heteroatoms. The Kier molecular flexibility index (Phi) is 25.3. The van der Waals surface area contributed by atoms with Gasteiger partial charge in [-0.15, -0.1) is 0 Å².